The number of hydrogen-bond acceptors (Lipinski definition) is 3. The molecule has 0 spiro atoms. The summed E-state index contributed by atoms with van der Waals surface area (Å²) in [5.74, 6) is -1.10. The molecule has 2 aromatic rings. The summed E-state index contributed by atoms with van der Waals surface area (Å²) < 4.78 is 0. The molecule has 0 saturated heterocycles. The predicted molar refractivity (Wildman–Crippen MR) is 86.4 cm³/mol. The summed E-state index contributed by atoms with van der Waals surface area (Å²) in [6, 6.07) is 15.0. The number of carboxylic acid groups (broad SMARTS) is 1. The Labute approximate surface area is 128 Å². The van der Waals surface area contributed by atoms with Crippen molar-refractivity contribution in [3.8, 4) is 11.1 Å². The molecule has 114 valence electrons. The van der Waals surface area contributed by atoms with E-state index in [2.05, 4.69) is 5.32 Å². The van der Waals surface area contributed by atoms with Crippen LogP contribution in [0.5, 0.6) is 0 Å². The highest BCUT2D eigenvalue weighted by Crippen LogP contribution is 2.28. The lowest BCUT2D eigenvalue weighted by molar-refractivity contribution is -0.137. The van der Waals surface area contributed by atoms with Crippen molar-refractivity contribution in [3.05, 3.63) is 48.5 Å². The SMILES string of the molecule is Nc1ccc(NC(=O)CCCC(=O)O)cc1-c1ccccc1. The number of rotatable bonds is 6. The summed E-state index contributed by atoms with van der Waals surface area (Å²) in [6.07, 6.45) is 0.490. The van der Waals surface area contributed by atoms with Gasteiger partial charge < -0.3 is 16.2 Å². The zero-order valence-corrected chi connectivity index (χ0v) is 12.1. The van der Waals surface area contributed by atoms with Gasteiger partial charge in [-0.3, -0.25) is 9.59 Å². The van der Waals surface area contributed by atoms with Crippen molar-refractivity contribution in [2.24, 2.45) is 0 Å². The highest BCUT2D eigenvalue weighted by Gasteiger charge is 2.07. The van der Waals surface area contributed by atoms with Crippen LogP contribution in [-0.2, 0) is 9.59 Å². The molecule has 0 aromatic heterocycles. The molecule has 5 nitrogen and oxygen atoms in total. The second-order valence-corrected chi connectivity index (χ2v) is 4.96. The zero-order chi connectivity index (χ0) is 15.9. The molecule has 0 fully saturated rings. The molecule has 5 heteroatoms. The van der Waals surface area contributed by atoms with E-state index in [4.69, 9.17) is 10.8 Å². The Morgan fingerprint density at radius 1 is 1.05 bits per heavy atom. The van der Waals surface area contributed by atoms with Crippen molar-refractivity contribution in [1.29, 1.82) is 0 Å². The van der Waals surface area contributed by atoms with Gasteiger partial charge in [-0.2, -0.15) is 0 Å². The van der Waals surface area contributed by atoms with E-state index < -0.39 is 5.97 Å². The quantitative estimate of drug-likeness (QED) is 0.714. The highest BCUT2D eigenvalue weighted by atomic mass is 16.4. The van der Waals surface area contributed by atoms with Gasteiger partial charge in [0.05, 0.1) is 0 Å². The Morgan fingerprint density at radius 3 is 2.45 bits per heavy atom. The van der Waals surface area contributed by atoms with E-state index in [0.717, 1.165) is 11.1 Å². The van der Waals surface area contributed by atoms with Crippen molar-refractivity contribution < 1.29 is 14.7 Å². The minimum Gasteiger partial charge on any atom is -0.481 e. The molecule has 0 aliphatic carbocycles. The maximum absolute atomic E-state index is 11.8. The second-order valence-electron chi connectivity index (χ2n) is 4.96. The van der Waals surface area contributed by atoms with Crippen LogP contribution < -0.4 is 11.1 Å². The number of anilines is 2. The standard InChI is InChI=1S/C17H18N2O3/c18-15-10-9-13(19-16(20)7-4-8-17(21)22)11-14(15)12-5-2-1-3-6-12/h1-3,5-6,9-11H,4,7-8,18H2,(H,19,20)(H,21,22). The molecule has 0 aliphatic rings. The topological polar surface area (TPSA) is 92.4 Å². The largest absolute Gasteiger partial charge is 0.481 e. The normalized spacial score (nSPS) is 10.2. The molecular weight excluding hydrogens is 280 g/mol. The molecule has 1 amide bonds. The van der Waals surface area contributed by atoms with E-state index in [0.29, 0.717) is 17.8 Å². The Hall–Kier alpha value is -2.82. The molecule has 4 N–H and O–H groups in total. The van der Waals surface area contributed by atoms with Gasteiger partial charge in [0, 0.05) is 29.8 Å². The monoisotopic (exact) mass is 298 g/mol. The smallest absolute Gasteiger partial charge is 0.303 e. The minimum absolute atomic E-state index is 0.00950. The highest BCUT2D eigenvalue weighted by molar-refractivity contribution is 5.92. The fourth-order valence-corrected chi connectivity index (χ4v) is 2.13. The van der Waals surface area contributed by atoms with Gasteiger partial charge in [0.15, 0.2) is 0 Å². The number of amides is 1. The lowest BCUT2D eigenvalue weighted by Gasteiger charge is -2.10. The van der Waals surface area contributed by atoms with Crippen molar-refractivity contribution in [3.63, 3.8) is 0 Å². The van der Waals surface area contributed by atoms with E-state index in [1.165, 1.54) is 0 Å². The van der Waals surface area contributed by atoms with Crippen molar-refractivity contribution in [1.82, 2.24) is 0 Å². The fourth-order valence-electron chi connectivity index (χ4n) is 2.13. The summed E-state index contributed by atoms with van der Waals surface area (Å²) in [5, 5.41) is 11.3. The van der Waals surface area contributed by atoms with Gasteiger partial charge in [-0.05, 0) is 30.2 Å². The summed E-state index contributed by atoms with van der Waals surface area (Å²) in [7, 11) is 0. The van der Waals surface area contributed by atoms with Gasteiger partial charge in [-0.15, -0.1) is 0 Å². The number of aliphatic carboxylic acids is 1. The van der Waals surface area contributed by atoms with E-state index in [-0.39, 0.29) is 18.7 Å². The molecule has 2 rings (SSSR count). The first-order valence-electron chi connectivity index (χ1n) is 7.03. The average Bonchev–Trinajstić information content (AvgIpc) is 2.49. The van der Waals surface area contributed by atoms with Crippen molar-refractivity contribution in [2.75, 3.05) is 11.1 Å². The third-order valence-corrected chi connectivity index (χ3v) is 3.22. The maximum Gasteiger partial charge on any atom is 0.303 e. The fraction of sp³-hybridized carbons (Fsp3) is 0.176. The zero-order valence-electron chi connectivity index (χ0n) is 12.1. The summed E-state index contributed by atoms with van der Waals surface area (Å²) >= 11 is 0. The van der Waals surface area contributed by atoms with Crippen LogP contribution >= 0.6 is 0 Å². The summed E-state index contributed by atoms with van der Waals surface area (Å²) in [5.41, 5.74) is 9.09. The molecule has 2 aromatic carbocycles. The molecule has 0 saturated carbocycles. The first-order valence-corrected chi connectivity index (χ1v) is 7.03. The molecule has 0 radical (unpaired) electrons. The third-order valence-electron chi connectivity index (χ3n) is 3.22. The van der Waals surface area contributed by atoms with Gasteiger partial charge in [0.25, 0.3) is 0 Å². The Morgan fingerprint density at radius 2 is 1.77 bits per heavy atom. The first-order chi connectivity index (χ1) is 10.6. The van der Waals surface area contributed by atoms with Crippen LogP contribution in [0.25, 0.3) is 11.1 Å². The van der Waals surface area contributed by atoms with Gasteiger partial charge in [-0.1, -0.05) is 30.3 Å². The molecule has 0 atom stereocenters. The van der Waals surface area contributed by atoms with Crippen LogP contribution in [-0.4, -0.2) is 17.0 Å². The van der Waals surface area contributed by atoms with Crippen LogP contribution in [0.2, 0.25) is 0 Å². The number of carboxylic acids is 1. The summed E-state index contributed by atoms with van der Waals surface area (Å²) in [6.45, 7) is 0. The predicted octanol–water partition coefficient (Wildman–Crippen LogP) is 3.13. The van der Waals surface area contributed by atoms with Crippen LogP contribution in [0.1, 0.15) is 19.3 Å². The molecule has 0 heterocycles. The van der Waals surface area contributed by atoms with Crippen LogP contribution in [0.15, 0.2) is 48.5 Å². The van der Waals surface area contributed by atoms with Crippen LogP contribution in [0.4, 0.5) is 11.4 Å². The van der Waals surface area contributed by atoms with Gasteiger partial charge in [-0.25, -0.2) is 0 Å². The van der Waals surface area contributed by atoms with E-state index in [1.807, 2.05) is 36.4 Å². The summed E-state index contributed by atoms with van der Waals surface area (Å²) in [4.78, 5) is 22.2. The van der Waals surface area contributed by atoms with Gasteiger partial charge in [0.1, 0.15) is 0 Å². The number of nitrogens with one attached hydrogen (secondary N) is 1. The first kappa shape index (κ1) is 15.6. The van der Waals surface area contributed by atoms with E-state index >= 15 is 0 Å². The van der Waals surface area contributed by atoms with Crippen LogP contribution in [0, 0.1) is 0 Å². The molecule has 0 unspecified atom stereocenters. The van der Waals surface area contributed by atoms with Crippen LogP contribution in [0.3, 0.4) is 0 Å². The lowest BCUT2D eigenvalue weighted by Crippen LogP contribution is -2.12. The second kappa shape index (κ2) is 7.26. The van der Waals surface area contributed by atoms with Gasteiger partial charge >= 0.3 is 5.97 Å². The third kappa shape index (κ3) is 4.34. The Kier molecular flexibility index (Phi) is 5.14. The van der Waals surface area contributed by atoms with E-state index in [1.54, 1.807) is 12.1 Å². The lowest BCUT2D eigenvalue weighted by atomic mass is 10.0. The average molecular weight is 298 g/mol. The van der Waals surface area contributed by atoms with Crippen molar-refractivity contribution >= 4 is 23.3 Å². The number of nitrogen functional groups attached to an aromatic ring is 1. The van der Waals surface area contributed by atoms with Gasteiger partial charge in [0.2, 0.25) is 5.91 Å². The molecule has 22 heavy (non-hydrogen) atoms. The maximum atomic E-state index is 11.8. The Balaban J connectivity index is 2.07. The number of hydrogen-bond donors (Lipinski definition) is 3. The number of nitrogens with two attached hydrogens (primary N) is 1. The number of benzene rings is 2. The van der Waals surface area contributed by atoms with E-state index in [9.17, 15) is 9.59 Å². The minimum atomic E-state index is -0.897. The van der Waals surface area contributed by atoms with Crippen molar-refractivity contribution in [2.45, 2.75) is 19.3 Å². The Bertz CT molecular complexity index is 669. The molecule has 0 aliphatic heterocycles. The number of carbonyl (C=O) groups excluding carboxylic acids is 1. The number of carbonyl (C=O) groups is 2. The molecule has 0 bridgehead atoms. The molecular formula is C17H18N2O3.